The van der Waals surface area contributed by atoms with E-state index >= 15 is 0 Å². The first kappa shape index (κ1) is 18.0. The highest BCUT2D eigenvalue weighted by molar-refractivity contribution is 7.99. The molecule has 4 nitrogen and oxygen atoms in total. The minimum Gasteiger partial charge on any atom is -0.377 e. The van der Waals surface area contributed by atoms with E-state index in [4.69, 9.17) is 4.74 Å². The van der Waals surface area contributed by atoms with Crippen LogP contribution in [0.25, 0.3) is 0 Å². The second kappa shape index (κ2) is 10.9. The number of carbonyl (C=O) groups is 1. The summed E-state index contributed by atoms with van der Waals surface area (Å²) >= 11 is 1.69. The summed E-state index contributed by atoms with van der Waals surface area (Å²) in [5, 5.41) is 3.04. The van der Waals surface area contributed by atoms with Gasteiger partial charge in [-0.1, -0.05) is 0 Å². The molecule has 0 saturated carbocycles. The summed E-state index contributed by atoms with van der Waals surface area (Å²) in [7, 11) is 3.75. The van der Waals surface area contributed by atoms with Crippen molar-refractivity contribution in [1.82, 2.24) is 10.2 Å². The van der Waals surface area contributed by atoms with Gasteiger partial charge in [0.25, 0.3) is 0 Å². The largest absolute Gasteiger partial charge is 0.377 e. The number of rotatable bonds is 7. The molecule has 1 unspecified atom stereocenters. The zero-order valence-electron chi connectivity index (χ0n) is 11.3. The SMILES string of the molecule is CNCCN(C)C(=O)CSCC1CCCCO1.Cl. The predicted molar refractivity (Wildman–Crippen MR) is 79.7 cm³/mol. The molecule has 1 aliphatic rings. The molecular weight excluding hydrogens is 272 g/mol. The number of thioether (sulfide) groups is 1. The van der Waals surface area contributed by atoms with Crippen LogP contribution in [-0.4, -0.2) is 62.2 Å². The molecule has 1 rings (SSSR count). The van der Waals surface area contributed by atoms with Crippen LogP contribution in [-0.2, 0) is 9.53 Å². The fourth-order valence-corrected chi connectivity index (χ4v) is 2.77. The molecule has 1 saturated heterocycles. The van der Waals surface area contributed by atoms with E-state index in [1.807, 2.05) is 14.1 Å². The smallest absolute Gasteiger partial charge is 0.232 e. The van der Waals surface area contributed by atoms with Crippen LogP contribution in [0.1, 0.15) is 19.3 Å². The van der Waals surface area contributed by atoms with Gasteiger partial charge in [0, 0.05) is 32.5 Å². The van der Waals surface area contributed by atoms with Crippen molar-refractivity contribution < 1.29 is 9.53 Å². The Balaban J connectivity index is 0.00000289. The van der Waals surface area contributed by atoms with E-state index in [2.05, 4.69) is 5.32 Å². The molecule has 1 aliphatic heterocycles. The van der Waals surface area contributed by atoms with Gasteiger partial charge >= 0.3 is 0 Å². The first-order valence-corrected chi connectivity index (χ1v) is 7.47. The lowest BCUT2D eigenvalue weighted by Gasteiger charge is -2.22. The lowest BCUT2D eigenvalue weighted by atomic mass is 10.1. The van der Waals surface area contributed by atoms with Gasteiger partial charge in [-0.15, -0.1) is 24.2 Å². The maximum atomic E-state index is 11.7. The highest BCUT2D eigenvalue weighted by Crippen LogP contribution is 2.17. The molecule has 1 fully saturated rings. The van der Waals surface area contributed by atoms with E-state index in [0.29, 0.717) is 11.9 Å². The minimum atomic E-state index is 0. The third-order valence-electron chi connectivity index (χ3n) is 2.93. The van der Waals surface area contributed by atoms with E-state index in [1.165, 1.54) is 12.8 Å². The molecule has 0 aliphatic carbocycles. The first-order chi connectivity index (χ1) is 8.24. The second-order valence-electron chi connectivity index (χ2n) is 4.42. The Bertz CT molecular complexity index is 226. The number of halogens is 1. The van der Waals surface area contributed by atoms with Gasteiger partial charge in [-0.3, -0.25) is 4.79 Å². The third-order valence-corrected chi connectivity index (χ3v) is 3.98. The maximum Gasteiger partial charge on any atom is 0.232 e. The van der Waals surface area contributed by atoms with E-state index in [1.54, 1.807) is 16.7 Å². The average Bonchev–Trinajstić information content (AvgIpc) is 2.37. The fourth-order valence-electron chi connectivity index (χ4n) is 1.73. The first-order valence-electron chi connectivity index (χ1n) is 6.32. The third kappa shape index (κ3) is 7.46. The number of hydrogen-bond donors (Lipinski definition) is 1. The van der Waals surface area contributed by atoms with Gasteiger partial charge in [0.2, 0.25) is 5.91 Å². The van der Waals surface area contributed by atoms with Gasteiger partial charge in [0.15, 0.2) is 0 Å². The summed E-state index contributed by atoms with van der Waals surface area (Å²) in [6.07, 6.45) is 3.97. The van der Waals surface area contributed by atoms with E-state index in [9.17, 15) is 4.79 Å². The number of hydrogen-bond acceptors (Lipinski definition) is 4. The molecule has 1 N–H and O–H groups in total. The number of ether oxygens (including phenoxy) is 1. The Morgan fingerprint density at radius 1 is 1.50 bits per heavy atom. The Kier molecular flexibility index (Phi) is 10.9. The highest BCUT2D eigenvalue weighted by Gasteiger charge is 2.15. The zero-order chi connectivity index (χ0) is 12.5. The van der Waals surface area contributed by atoms with Crippen LogP contribution in [0.15, 0.2) is 0 Å². The molecule has 1 atom stereocenters. The van der Waals surface area contributed by atoms with Crippen LogP contribution in [0.4, 0.5) is 0 Å². The Labute approximate surface area is 121 Å². The minimum absolute atomic E-state index is 0. The molecule has 1 amide bonds. The second-order valence-corrected chi connectivity index (χ2v) is 5.45. The van der Waals surface area contributed by atoms with Crippen molar-refractivity contribution in [3.05, 3.63) is 0 Å². The monoisotopic (exact) mass is 296 g/mol. The molecule has 18 heavy (non-hydrogen) atoms. The van der Waals surface area contributed by atoms with Crippen LogP contribution < -0.4 is 5.32 Å². The highest BCUT2D eigenvalue weighted by atomic mass is 35.5. The van der Waals surface area contributed by atoms with Crippen molar-refractivity contribution in [1.29, 1.82) is 0 Å². The van der Waals surface area contributed by atoms with Gasteiger partial charge in [0.05, 0.1) is 11.9 Å². The van der Waals surface area contributed by atoms with Gasteiger partial charge in [-0.2, -0.15) is 0 Å². The van der Waals surface area contributed by atoms with Crippen LogP contribution in [0, 0.1) is 0 Å². The summed E-state index contributed by atoms with van der Waals surface area (Å²) in [6.45, 7) is 2.51. The van der Waals surface area contributed by atoms with Crippen molar-refractivity contribution in [2.24, 2.45) is 0 Å². The number of likely N-dealkylation sites (N-methyl/N-ethyl adjacent to an activating group) is 2. The molecule has 0 bridgehead atoms. The molecule has 108 valence electrons. The van der Waals surface area contributed by atoms with Gasteiger partial charge in [-0.25, -0.2) is 0 Å². The van der Waals surface area contributed by atoms with Gasteiger partial charge in [-0.05, 0) is 26.3 Å². The number of nitrogens with one attached hydrogen (secondary N) is 1. The van der Waals surface area contributed by atoms with E-state index in [0.717, 1.165) is 31.9 Å². The van der Waals surface area contributed by atoms with E-state index < -0.39 is 0 Å². The van der Waals surface area contributed by atoms with Crippen LogP contribution in [0.2, 0.25) is 0 Å². The average molecular weight is 297 g/mol. The quantitative estimate of drug-likeness (QED) is 0.771. The topological polar surface area (TPSA) is 41.6 Å². The summed E-state index contributed by atoms with van der Waals surface area (Å²) in [6, 6.07) is 0. The number of carbonyl (C=O) groups excluding carboxylic acids is 1. The van der Waals surface area contributed by atoms with Crippen LogP contribution >= 0.6 is 24.2 Å². The molecule has 0 radical (unpaired) electrons. The summed E-state index contributed by atoms with van der Waals surface area (Å²) in [5.41, 5.74) is 0. The lowest BCUT2D eigenvalue weighted by Crippen LogP contribution is -2.34. The van der Waals surface area contributed by atoms with Crippen LogP contribution in [0.3, 0.4) is 0 Å². The Morgan fingerprint density at radius 2 is 2.28 bits per heavy atom. The van der Waals surface area contributed by atoms with Crippen molar-refractivity contribution in [2.75, 3.05) is 45.3 Å². The summed E-state index contributed by atoms with van der Waals surface area (Å²) < 4.78 is 5.63. The Morgan fingerprint density at radius 3 is 2.89 bits per heavy atom. The predicted octanol–water partition coefficient (Wildman–Crippen LogP) is 1.39. The molecule has 0 spiro atoms. The lowest BCUT2D eigenvalue weighted by molar-refractivity contribution is -0.127. The fraction of sp³-hybridized carbons (Fsp3) is 0.917. The standard InChI is InChI=1S/C12H24N2O2S.ClH/c1-13-6-7-14(2)12(15)10-17-9-11-5-3-4-8-16-11;/h11,13H,3-10H2,1-2H3;1H. The van der Waals surface area contributed by atoms with Crippen LogP contribution in [0.5, 0.6) is 0 Å². The van der Waals surface area contributed by atoms with Crippen molar-refractivity contribution in [2.45, 2.75) is 25.4 Å². The number of amides is 1. The van der Waals surface area contributed by atoms with Crippen molar-refractivity contribution in [3.8, 4) is 0 Å². The zero-order valence-corrected chi connectivity index (χ0v) is 12.9. The molecule has 0 aromatic carbocycles. The molecule has 6 heteroatoms. The normalized spacial score (nSPS) is 19.1. The van der Waals surface area contributed by atoms with E-state index in [-0.39, 0.29) is 18.3 Å². The number of nitrogens with zero attached hydrogens (tertiary/aromatic N) is 1. The summed E-state index contributed by atoms with van der Waals surface area (Å²) in [4.78, 5) is 13.5. The van der Waals surface area contributed by atoms with Gasteiger partial charge < -0.3 is 15.0 Å². The Hall–Kier alpha value is 0.0300. The molecule has 0 aromatic heterocycles. The molecular formula is C12H25ClN2O2S. The van der Waals surface area contributed by atoms with Crippen molar-refractivity contribution in [3.63, 3.8) is 0 Å². The molecule has 1 heterocycles. The maximum absolute atomic E-state index is 11.7. The molecule has 0 aromatic rings. The summed E-state index contributed by atoms with van der Waals surface area (Å²) in [5.74, 6) is 1.73. The van der Waals surface area contributed by atoms with Crippen molar-refractivity contribution >= 4 is 30.1 Å². The van der Waals surface area contributed by atoms with Gasteiger partial charge in [0.1, 0.15) is 0 Å².